The van der Waals surface area contributed by atoms with E-state index in [0.29, 0.717) is 33.8 Å². The second-order valence-corrected chi connectivity index (χ2v) is 8.37. The molecule has 0 bridgehead atoms. The average Bonchev–Trinajstić information content (AvgIpc) is 3.16. The van der Waals surface area contributed by atoms with Crippen molar-refractivity contribution in [3.63, 3.8) is 0 Å². The van der Waals surface area contributed by atoms with Gasteiger partial charge in [0.05, 0.1) is 11.8 Å². The number of thioether (sulfide) groups is 1. The number of rotatable bonds is 8. The van der Waals surface area contributed by atoms with Crippen LogP contribution in [0.1, 0.15) is 41.6 Å². The van der Waals surface area contributed by atoms with Gasteiger partial charge >= 0.3 is 0 Å². The number of benzene rings is 2. The zero-order valence-corrected chi connectivity index (χ0v) is 19.1. The van der Waals surface area contributed by atoms with Crippen molar-refractivity contribution in [2.45, 2.75) is 38.5 Å². The first-order valence-electron chi connectivity index (χ1n) is 9.86. The van der Waals surface area contributed by atoms with E-state index in [4.69, 9.17) is 11.6 Å². The summed E-state index contributed by atoms with van der Waals surface area (Å²) in [5, 5.41) is 15.4. The zero-order valence-electron chi connectivity index (χ0n) is 17.6. The van der Waals surface area contributed by atoms with Crippen molar-refractivity contribution < 1.29 is 9.59 Å². The first kappa shape index (κ1) is 22.8. The lowest BCUT2D eigenvalue weighted by Gasteiger charge is -2.15. The topological polar surface area (TPSA) is 88.9 Å². The number of anilines is 1. The van der Waals surface area contributed by atoms with Crippen molar-refractivity contribution in [1.29, 1.82) is 0 Å². The molecule has 31 heavy (non-hydrogen) atoms. The number of hydrogen-bond donors (Lipinski definition) is 2. The number of aryl methyl sites for hydroxylation is 1. The van der Waals surface area contributed by atoms with Gasteiger partial charge in [0.1, 0.15) is 0 Å². The molecule has 3 aromatic rings. The number of carbonyl (C=O) groups is 2. The van der Waals surface area contributed by atoms with Gasteiger partial charge in [-0.25, -0.2) is 0 Å². The Morgan fingerprint density at radius 3 is 2.58 bits per heavy atom. The number of nitrogens with one attached hydrogen (secondary N) is 2. The minimum atomic E-state index is -0.337. The van der Waals surface area contributed by atoms with E-state index < -0.39 is 0 Å². The van der Waals surface area contributed by atoms with E-state index in [-0.39, 0.29) is 23.6 Å². The van der Waals surface area contributed by atoms with Crippen LogP contribution in [0.3, 0.4) is 0 Å². The Labute approximate surface area is 190 Å². The molecule has 0 aliphatic heterocycles. The Kier molecular flexibility index (Phi) is 7.70. The van der Waals surface area contributed by atoms with Gasteiger partial charge in [0.25, 0.3) is 5.91 Å². The molecule has 0 fully saturated rings. The van der Waals surface area contributed by atoms with Crippen LogP contribution in [0, 0.1) is 6.92 Å². The number of amides is 2. The zero-order chi connectivity index (χ0) is 22.4. The van der Waals surface area contributed by atoms with E-state index in [0.717, 1.165) is 5.56 Å². The van der Waals surface area contributed by atoms with Gasteiger partial charge in [-0.3, -0.25) is 9.59 Å². The fraction of sp³-hybridized carbons (Fsp3) is 0.273. The van der Waals surface area contributed by atoms with Crippen molar-refractivity contribution in [2.75, 3.05) is 11.1 Å². The molecule has 0 saturated carbocycles. The van der Waals surface area contributed by atoms with E-state index >= 15 is 0 Å². The third-order valence-corrected chi connectivity index (χ3v) is 5.75. The van der Waals surface area contributed by atoms with Crippen LogP contribution < -0.4 is 10.6 Å². The molecule has 2 amide bonds. The molecule has 162 valence electrons. The predicted octanol–water partition coefficient (Wildman–Crippen LogP) is 4.48. The molecular formula is C22H24ClN5O2S. The summed E-state index contributed by atoms with van der Waals surface area (Å²) in [5.74, 6) is 0.475. The minimum Gasteiger partial charge on any atom is -0.342 e. The monoisotopic (exact) mass is 457 g/mol. The molecular weight excluding hydrogens is 434 g/mol. The lowest BCUT2D eigenvalue weighted by atomic mass is 10.1. The third kappa shape index (κ3) is 6.08. The maximum atomic E-state index is 12.5. The number of nitrogens with zero attached hydrogens (tertiary/aromatic N) is 3. The SMILES string of the molecule is CCn1c(SCC(=O)Nc2cccc(Cl)c2)nnc1[C@@H](C)NC(=O)c1ccc(C)cc1. The van der Waals surface area contributed by atoms with Crippen LogP contribution in [0.15, 0.2) is 53.7 Å². The maximum Gasteiger partial charge on any atom is 0.251 e. The van der Waals surface area contributed by atoms with Gasteiger partial charge in [0.2, 0.25) is 5.91 Å². The Morgan fingerprint density at radius 2 is 1.90 bits per heavy atom. The molecule has 9 heteroatoms. The number of halogens is 1. The maximum absolute atomic E-state index is 12.5. The summed E-state index contributed by atoms with van der Waals surface area (Å²) >= 11 is 7.24. The van der Waals surface area contributed by atoms with E-state index in [1.807, 2.05) is 37.5 Å². The summed E-state index contributed by atoms with van der Waals surface area (Å²) in [4.78, 5) is 24.8. The Balaban J connectivity index is 1.62. The standard InChI is InChI=1S/C22H24ClN5O2S/c1-4-28-20(15(3)24-21(30)16-10-8-14(2)9-11-16)26-27-22(28)31-13-19(29)25-18-7-5-6-17(23)12-18/h5-12,15H,4,13H2,1-3H3,(H,24,30)(H,25,29)/t15-/m1/s1. The molecule has 1 aromatic heterocycles. The molecule has 1 atom stereocenters. The number of hydrogen-bond acceptors (Lipinski definition) is 5. The molecule has 0 radical (unpaired) electrons. The van der Waals surface area contributed by atoms with Crippen LogP contribution in [-0.2, 0) is 11.3 Å². The molecule has 0 spiro atoms. The summed E-state index contributed by atoms with van der Waals surface area (Å²) in [6.07, 6.45) is 0. The quantitative estimate of drug-likeness (QED) is 0.487. The molecule has 3 rings (SSSR count). The van der Waals surface area contributed by atoms with Crippen molar-refractivity contribution >= 4 is 40.9 Å². The molecule has 2 N–H and O–H groups in total. The molecule has 0 aliphatic carbocycles. The van der Waals surface area contributed by atoms with Crippen LogP contribution in [0.25, 0.3) is 0 Å². The van der Waals surface area contributed by atoms with Crippen molar-refractivity contribution in [1.82, 2.24) is 20.1 Å². The molecule has 0 aliphatic rings. The molecule has 2 aromatic carbocycles. The lowest BCUT2D eigenvalue weighted by Crippen LogP contribution is -2.28. The highest BCUT2D eigenvalue weighted by molar-refractivity contribution is 7.99. The summed E-state index contributed by atoms with van der Waals surface area (Å²) < 4.78 is 1.90. The molecule has 0 unspecified atom stereocenters. The highest BCUT2D eigenvalue weighted by Gasteiger charge is 2.20. The van der Waals surface area contributed by atoms with Gasteiger partial charge in [0, 0.05) is 22.8 Å². The summed E-state index contributed by atoms with van der Waals surface area (Å²) in [5.41, 5.74) is 2.33. The number of aromatic nitrogens is 3. The largest absolute Gasteiger partial charge is 0.342 e. The molecule has 7 nitrogen and oxygen atoms in total. The smallest absolute Gasteiger partial charge is 0.251 e. The predicted molar refractivity (Wildman–Crippen MR) is 124 cm³/mol. The summed E-state index contributed by atoms with van der Waals surface area (Å²) in [6, 6.07) is 14.0. The summed E-state index contributed by atoms with van der Waals surface area (Å²) in [7, 11) is 0. The van der Waals surface area contributed by atoms with Crippen LogP contribution >= 0.6 is 23.4 Å². The van der Waals surface area contributed by atoms with Gasteiger partial charge in [-0.05, 0) is 51.1 Å². The van der Waals surface area contributed by atoms with E-state index in [9.17, 15) is 9.59 Å². The minimum absolute atomic E-state index is 0.166. The van der Waals surface area contributed by atoms with Gasteiger partial charge in [-0.2, -0.15) is 0 Å². The number of carbonyl (C=O) groups excluding carboxylic acids is 2. The Bertz CT molecular complexity index is 1070. The van der Waals surface area contributed by atoms with Crippen LogP contribution in [0.5, 0.6) is 0 Å². The highest BCUT2D eigenvalue weighted by Crippen LogP contribution is 2.22. The average molecular weight is 458 g/mol. The lowest BCUT2D eigenvalue weighted by molar-refractivity contribution is -0.113. The van der Waals surface area contributed by atoms with Crippen molar-refractivity contribution in [2.24, 2.45) is 0 Å². The van der Waals surface area contributed by atoms with Gasteiger partial charge in [-0.1, -0.05) is 47.1 Å². The van der Waals surface area contributed by atoms with Crippen molar-refractivity contribution in [3.05, 3.63) is 70.5 Å². The van der Waals surface area contributed by atoms with Gasteiger partial charge in [0.15, 0.2) is 11.0 Å². The van der Waals surface area contributed by atoms with Gasteiger partial charge < -0.3 is 15.2 Å². The second kappa shape index (κ2) is 10.5. The van der Waals surface area contributed by atoms with Crippen molar-refractivity contribution in [3.8, 4) is 0 Å². The van der Waals surface area contributed by atoms with E-state index in [1.54, 1.807) is 36.4 Å². The highest BCUT2D eigenvalue weighted by atomic mass is 35.5. The fourth-order valence-electron chi connectivity index (χ4n) is 2.97. The normalized spacial score (nSPS) is 11.7. The Morgan fingerprint density at radius 1 is 1.16 bits per heavy atom. The van der Waals surface area contributed by atoms with Crippen LogP contribution in [0.2, 0.25) is 5.02 Å². The van der Waals surface area contributed by atoms with Gasteiger partial charge in [-0.15, -0.1) is 10.2 Å². The first-order valence-corrected chi connectivity index (χ1v) is 11.2. The molecule has 0 saturated heterocycles. The van der Waals surface area contributed by atoms with E-state index in [1.165, 1.54) is 11.8 Å². The fourth-order valence-corrected chi connectivity index (χ4v) is 3.97. The Hall–Kier alpha value is -2.84. The summed E-state index contributed by atoms with van der Waals surface area (Å²) in [6.45, 7) is 6.42. The first-order chi connectivity index (χ1) is 14.9. The van der Waals surface area contributed by atoms with E-state index in [2.05, 4.69) is 20.8 Å². The second-order valence-electron chi connectivity index (χ2n) is 6.99. The third-order valence-electron chi connectivity index (χ3n) is 4.55. The molecule has 1 heterocycles. The van der Waals surface area contributed by atoms with Crippen LogP contribution in [-0.4, -0.2) is 32.3 Å². The van der Waals surface area contributed by atoms with Crippen LogP contribution in [0.4, 0.5) is 5.69 Å².